The van der Waals surface area contributed by atoms with Gasteiger partial charge in [0.25, 0.3) is 0 Å². The average molecular weight is 213 g/mol. The molecule has 0 spiro atoms. The Bertz CT molecular complexity index is 174. The van der Waals surface area contributed by atoms with Crippen molar-refractivity contribution >= 4 is 0 Å². The topological polar surface area (TPSA) is 44.5 Å². The summed E-state index contributed by atoms with van der Waals surface area (Å²) in [6.45, 7) is 3.35. The molecule has 0 amide bonds. The van der Waals surface area contributed by atoms with E-state index in [1.54, 1.807) is 0 Å². The van der Waals surface area contributed by atoms with Crippen molar-refractivity contribution in [2.24, 2.45) is 17.6 Å². The van der Waals surface area contributed by atoms with Crippen molar-refractivity contribution in [3.8, 4) is 0 Å². The standard InChI is InChI=1S/C12H23NO2/c13-12(11-3-1-2-4-11)9-15-8-10-5-6-14-7-10/h10-12H,1-9,13H2. The fourth-order valence-corrected chi connectivity index (χ4v) is 2.61. The summed E-state index contributed by atoms with van der Waals surface area (Å²) in [5, 5.41) is 0. The van der Waals surface area contributed by atoms with E-state index in [1.165, 1.54) is 25.7 Å². The Kier molecular flexibility index (Phi) is 4.42. The van der Waals surface area contributed by atoms with Gasteiger partial charge in [0.1, 0.15) is 0 Å². The summed E-state index contributed by atoms with van der Waals surface area (Å²) >= 11 is 0. The van der Waals surface area contributed by atoms with Gasteiger partial charge < -0.3 is 15.2 Å². The zero-order chi connectivity index (χ0) is 10.5. The van der Waals surface area contributed by atoms with Gasteiger partial charge in [-0.05, 0) is 25.2 Å². The molecule has 0 aromatic rings. The molecule has 2 fully saturated rings. The van der Waals surface area contributed by atoms with Gasteiger partial charge in [0.15, 0.2) is 0 Å². The van der Waals surface area contributed by atoms with E-state index >= 15 is 0 Å². The van der Waals surface area contributed by atoms with Crippen molar-refractivity contribution < 1.29 is 9.47 Å². The van der Waals surface area contributed by atoms with E-state index in [2.05, 4.69) is 0 Å². The van der Waals surface area contributed by atoms with Crippen LogP contribution >= 0.6 is 0 Å². The summed E-state index contributed by atoms with van der Waals surface area (Å²) < 4.78 is 11.0. The number of hydrogen-bond donors (Lipinski definition) is 1. The van der Waals surface area contributed by atoms with Crippen LogP contribution in [-0.4, -0.2) is 32.5 Å². The van der Waals surface area contributed by atoms with E-state index in [0.717, 1.165) is 32.8 Å². The van der Waals surface area contributed by atoms with Gasteiger partial charge in [0.2, 0.25) is 0 Å². The fourth-order valence-electron chi connectivity index (χ4n) is 2.61. The van der Waals surface area contributed by atoms with Crippen molar-refractivity contribution in [2.45, 2.75) is 38.1 Å². The highest BCUT2D eigenvalue weighted by Crippen LogP contribution is 2.27. The Morgan fingerprint density at radius 3 is 2.73 bits per heavy atom. The number of rotatable bonds is 5. The van der Waals surface area contributed by atoms with Gasteiger partial charge in [-0.25, -0.2) is 0 Å². The molecule has 1 saturated carbocycles. The third-order valence-electron chi connectivity index (χ3n) is 3.69. The van der Waals surface area contributed by atoms with Crippen molar-refractivity contribution in [2.75, 3.05) is 26.4 Å². The summed E-state index contributed by atoms with van der Waals surface area (Å²) in [5.74, 6) is 1.32. The maximum absolute atomic E-state index is 6.11. The molecule has 1 heterocycles. The Morgan fingerprint density at radius 2 is 2.07 bits per heavy atom. The highest BCUT2D eigenvalue weighted by atomic mass is 16.5. The first-order valence-electron chi connectivity index (χ1n) is 6.27. The molecule has 88 valence electrons. The van der Waals surface area contributed by atoms with E-state index in [0.29, 0.717) is 11.8 Å². The van der Waals surface area contributed by atoms with Gasteiger partial charge in [0, 0.05) is 18.6 Å². The molecule has 2 rings (SSSR count). The van der Waals surface area contributed by atoms with Crippen molar-refractivity contribution in [3.05, 3.63) is 0 Å². The number of hydrogen-bond acceptors (Lipinski definition) is 3. The predicted octanol–water partition coefficient (Wildman–Crippen LogP) is 1.56. The van der Waals surface area contributed by atoms with Gasteiger partial charge in [-0.15, -0.1) is 0 Å². The molecule has 2 atom stereocenters. The molecule has 3 heteroatoms. The van der Waals surface area contributed by atoms with Crippen molar-refractivity contribution in [3.63, 3.8) is 0 Å². The third kappa shape index (κ3) is 3.44. The van der Waals surface area contributed by atoms with E-state index < -0.39 is 0 Å². The lowest BCUT2D eigenvalue weighted by molar-refractivity contribution is 0.0711. The van der Waals surface area contributed by atoms with E-state index in [-0.39, 0.29) is 6.04 Å². The second-order valence-electron chi connectivity index (χ2n) is 4.98. The second-order valence-corrected chi connectivity index (χ2v) is 4.98. The zero-order valence-corrected chi connectivity index (χ0v) is 9.49. The van der Waals surface area contributed by atoms with Crippen LogP contribution in [-0.2, 0) is 9.47 Å². The summed E-state index contributed by atoms with van der Waals surface area (Å²) in [6.07, 6.45) is 6.47. The zero-order valence-electron chi connectivity index (χ0n) is 9.49. The van der Waals surface area contributed by atoms with Crippen LogP contribution in [0.1, 0.15) is 32.1 Å². The monoisotopic (exact) mass is 213 g/mol. The van der Waals surface area contributed by atoms with E-state index in [4.69, 9.17) is 15.2 Å². The fraction of sp³-hybridized carbons (Fsp3) is 1.00. The van der Waals surface area contributed by atoms with Crippen LogP contribution in [0.25, 0.3) is 0 Å². The Hall–Kier alpha value is -0.120. The average Bonchev–Trinajstić information content (AvgIpc) is 2.90. The molecule has 1 aliphatic heterocycles. The molecule has 2 unspecified atom stereocenters. The highest BCUT2D eigenvalue weighted by molar-refractivity contribution is 4.77. The van der Waals surface area contributed by atoms with Gasteiger partial charge in [-0.3, -0.25) is 0 Å². The van der Waals surface area contributed by atoms with Crippen LogP contribution in [0.5, 0.6) is 0 Å². The normalized spacial score (nSPS) is 29.8. The smallest absolute Gasteiger partial charge is 0.0620 e. The predicted molar refractivity (Wildman–Crippen MR) is 59.7 cm³/mol. The SMILES string of the molecule is NC(COCC1CCOC1)C1CCCC1. The largest absolute Gasteiger partial charge is 0.381 e. The highest BCUT2D eigenvalue weighted by Gasteiger charge is 2.22. The minimum Gasteiger partial charge on any atom is -0.381 e. The number of nitrogens with two attached hydrogens (primary N) is 1. The molecule has 2 aliphatic rings. The lowest BCUT2D eigenvalue weighted by Gasteiger charge is -2.19. The maximum atomic E-state index is 6.11. The molecule has 15 heavy (non-hydrogen) atoms. The first-order chi connectivity index (χ1) is 7.36. The summed E-state index contributed by atoms with van der Waals surface area (Å²) in [4.78, 5) is 0. The van der Waals surface area contributed by atoms with Gasteiger partial charge in [0.05, 0.1) is 19.8 Å². The lowest BCUT2D eigenvalue weighted by Crippen LogP contribution is -2.34. The van der Waals surface area contributed by atoms with E-state index in [9.17, 15) is 0 Å². The first kappa shape index (κ1) is 11.4. The minimum absolute atomic E-state index is 0.259. The summed E-state index contributed by atoms with van der Waals surface area (Å²) in [5.41, 5.74) is 6.11. The van der Waals surface area contributed by atoms with Crippen LogP contribution in [0.2, 0.25) is 0 Å². The molecular formula is C12H23NO2. The van der Waals surface area contributed by atoms with Crippen LogP contribution in [0, 0.1) is 11.8 Å². The second kappa shape index (κ2) is 5.83. The van der Waals surface area contributed by atoms with Crippen LogP contribution < -0.4 is 5.73 Å². The quantitative estimate of drug-likeness (QED) is 0.753. The van der Waals surface area contributed by atoms with Gasteiger partial charge >= 0.3 is 0 Å². The van der Waals surface area contributed by atoms with E-state index in [1.807, 2.05) is 0 Å². The summed E-state index contributed by atoms with van der Waals surface area (Å²) in [6, 6.07) is 0.259. The van der Waals surface area contributed by atoms with Gasteiger partial charge in [-0.1, -0.05) is 12.8 Å². The minimum atomic E-state index is 0.259. The molecule has 2 N–H and O–H groups in total. The molecule has 1 aliphatic carbocycles. The van der Waals surface area contributed by atoms with Crippen LogP contribution in [0.4, 0.5) is 0 Å². The molecular weight excluding hydrogens is 190 g/mol. The molecule has 3 nitrogen and oxygen atoms in total. The van der Waals surface area contributed by atoms with Gasteiger partial charge in [-0.2, -0.15) is 0 Å². The van der Waals surface area contributed by atoms with Crippen molar-refractivity contribution in [1.82, 2.24) is 0 Å². The molecule has 0 aromatic carbocycles. The van der Waals surface area contributed by atoms with Crippen molar-refractivity contribution in [1.29, 1.82) is 0 Å². The summed E-state index contributed by atoms with van der Waals surface area (Å²) in [7, 11) is 0. The molecule has 1 saturated heterocycles. The molecule has 0 radical (unpaired) electrons. The lowest BCUT2D eigenvalue weighted by atomic mass is 10.00. The number of ether oxygens (including phenoxy) is 2. The molecule has 0 aromatic heterocycles. The van der Waals surface area contributed by atoms with Crippen LogP contribution in [0.3, 0.4) is 0 Å². The molecule has 0 bridgehead atoms. The Balaban J connectivity index is 1.56. The van der Waals surface area contributed by atoms with Crippen LogP contribution in [0.15, 0.2) is 0 Å². The maximum Gasteiger partial charge on any atom is 0.0620 e. The Labute approximate surface area is 92.3 Å². The third-order valence-corrected chi connectivity index (χ3v) is 3.69. The first-order valence-corrected chi connectivity index (χ1v) is 6.27. The Morgan fingerprint density at radius 1 is 1.27 bits per heavy atom.